The number of benzene rings is 1. The highest BCUT2D eigenvalue weighted by atomic mass is 16.5. The molecule has 1 aliphatic heterocycles. The Balaban J connectivity index is 1.63. The molecule has 29 heavy (non-hydrogen) atoms. The van der Waals surface area contributed by atoms with Crippen LogP contribution >= 0.6 is 0 Å². The molecule has 0 saturated carbocycles. The maximum atomic E-state index is 5.40. The summed E-state index contributed by atoms with van der Waals surface area (Å²) in [6.07, 6.45) is 0. The zero-order valence-electron chi connectivity index (χ0n) is 18.2. The maximum Gasteiger partial charge on any atom is 0.224 e. The predicted octanol–water partition coefficient (Wildman–Crippen LogP) is 3.43. The molecule has 1 fully saturated rings. The second-order valence-electron chi connectivity index (χ2n) is 7.40. The summed E-state index contributed by atoms with van der Waals surface area (Å²) in [5, 5.41) is 6.82. The third-order valence-electron chi connectivity index (χ3n) is 5.27. The maximum absolute atomic E-state index is 5.40. The Morgan fingerprint density at radius 2 is 1.83 bits per heavy atom. The van der Waals surface area contributed by atoms with E-state index in [-0.39, 0.29) is 0 Å². The van der Waals surface area contributed by atoms with Crippen LogP contribution in [0.25, 0.3) is 0 Å². The van der Waals surface area contributed by atoms with Crippen LogP contribution in [0.15, 0.2) is 24.3 Å². The molecule has 7 nitrogen and oxygen atoms in total. The van der Waals surface area contributed by atoms with E-state index in [0.29, 0.717) is 5.95 Å². The lowest BCUT2D eigenvalue weighted by Gasteiger charge is -2.26. The number of morpholine rings is 1. The molecule has 0 spiro atoms. The van der Waals surface area contributed by atoms with E-state index < -0.39 is 0 Å². The number of nitrogens with zero attached hydrogens (tertiary/aromatic N) is 4. The van der Waals surface area contributed by atoms with Crippen molar-refractivity contribution in [2.45, 2.75) is 27.7 Å². The van der Waals surface area contributed by atoms with Crippen LogP contribution in [-0.4, -0.2) is 67.4 Å². The van der Waals surface area contributed by atoms with Gasteiger partial charge in [0.1, 0.15) is 5.82 Å². The molecule has 3 rings (SSSR count). The summed E-state index contributed by atoms with van der Waals surface area (Å²) in [5.41, 5.74) is 4.46. The average Bonchev–Trinajstić information content (AvgIpc) is 2.71. The Bertz CT molecular complexity index is 787. The number of aryl methyl sites for hydroxylation is 2. The zero-order valence-corrected chi connectivity index (χ0v) is 18.2. The SMILES string of the molecule is CCN(CC)c1ccc(Nc2cc(C)nc(NCCN3CCOCC3)n2)c(C)c1. The fraction of sp³-hybridized carbons (Fsp3) is 0.545. The van der Waals surface area contributed by atoms with Gasteiger partial charge in [0, 0.05) is 62.4 Å². The van der Waals surface area contributed by atoms with E-state index in [4.69, 9.17) is 4.74 Å². The van der Waals surface area contributed by atoms with Gasteiger partial charge >= 0.3 is 0 Å². The van der Waals surface area contributed by atoms with Gasteiger partial charge in [-0.05, 0) is 51.5 Å². The second kappa shape index (κ2) is 10.4. The second-order valence-corrected chi connectivity index (χ2v) is 7.40. The molecule has 0 aliphatic carbocycles. The number of hydrogen-bond acceptors (Lipinski definition) is 7. The monoisotopic (exact) mass is 398 g/mol. The van der Waals surface area contributed by atoms with Crippen molar-refractivity contribution in [3.8, 4) is 0 Å². The van der Waals surface area contributed by atoms with E-state index in [0.717, 1.165) is 69.7 Å². The molecular weight excluding hydrogens is 364 g/mol. The number of ether oxygens (including phenoxy) is 1. The first-order chi connectivity index (χ1) is 14.1. The lowest BCUT2D eigenvalue weighted by molar-refractivity contribution is 0.0398. The molecule has 7 heteroatoms. The Morgan fingerprint density at radius 1 is 1.07 bits per heavy atom. The van der Waals surface area contributed by atoms with Crippen LogP contribution in [0.3, 0.4) is 0 Å². The highest BCUT2D eigenvalue weighted by molar-refractivity contribution is 5.65. The van der Waals surface area contributed by atoms with Gasteiger partial charge in [-0.1, -0.05) is 0 Å². The third kappa shape index (κ3) is 6.05. The van der Waals surface area contributed by atoms with Crippen molar-refractivity contribution >= 4 is 23.1 Å². The van der Waals surface area contributed by atoms with E-state index in [9.17, 15) is 0 Å². The molecule has 1 aliphatic rings. The highest BCUT2D eigenvalue weighted by Gasteiger charge is 2.11. The summed E-state index contributed by atoms with van der Waals surface area (Å²) in [5.74, 6) is 1.48. The molecule has 1 aromatic carbocycles. The van der Waals surface area contributed by atoms with Crippen molar-refractivity contribution in [2.75, 3.05) is 68.0 Å². The van der Waals surface area contributed by atoms with Gasteiger partial charge in [-0.2, -0.15) is 4.98 Å². The summed E-state index contributed by atoms with van der Waals surface area (Å²) in [6.45, 7) is 15.9. The minimum Gasteiger partial charge on any atom is -0.379 e. The van der Waals surface area contributed by atoms with Crippen molar-refractivity contribution in [3.05, 3.63) is 35.5 Å². The molecule has 2 aromatic rings. The van der Waals surface area contributed by atoms with E-state index in [2.05, 4.69) is 69.4 Å². The Hall–Kier alpha value is -2.38. The van der Waals surface area contributed by atoms with Crippen LogP contribution in [0.1, 0.15) is 25.1 Å². The topological polar surface area (TPSA) is 65.5 Å². The van der Waals surface area contributed by atoms with E-state index >= 15 is 0 Å². The Kier molecular flexibility index (Phi) is 7.66. The van der Waals surface area contributed by atoms with Crippen molar-refractivity contribution in [1.82, 2.24) is 14.9 Å². The summed E-state index contributed by atoms with van der Waals surface area (Å²) in [7, 11) is 0. The van der Waals surface area contributed by atoms with Crippen LogP contribution in [0.4, 0.5) is 23.1 Å². The normalized spacial score (nSPS) is 14.6. The van der Waals surface area contributed by atoms with Crippen molar-refractivity contribution in [2.24, 2.45) is 0 Å². The van der Waals surface area contributed by atoms with Gasteiger partial charge in [0.2, 0.25) is 5.95 Å². The van der Waals surface area contributed by atoms with Crippen molar-refractivity contribution < 1.29 is 4.74 Å². The quantitative estimate of drug-likeness (QED) is 0.671. The number of nitrogens with one attached hydrogen (secondary N) is 2. The van der Waals surface area contributed by atoms with Crippen LogP contribution in [-0.2, 0) is 4.74 Å². The van der Waals surface area contributed by atoms with Gasteiger partial charge < -0.3 is 20.3 Å². The van der Waals surface area contributed by atoms with E-state index in [1.807, 2.05) is 13.0 Å². The van der Waals surface area contributed by atoms with Gasteiger partial charge in [0.15, 0.2) is 0 Å². The minimum atomic E-state index is 0.665. The molecule has 0 amide bonds. The van der Waals surface area contributed by atoms with Crippen LogP contribution in [0.2, 0.25) is 0 Å². The number of aromatic nitrogens is 2. The first-order valence-corrected chi connectivity index (χ1v) is 10.6. The fourth-order valence-corrected chi connectivity index (χ4v) is 3.57. The number of rotatable bonds is 9. The van der Waals surface area contributed by atoms with Crippen molar-refractivity contribution in [3.63, 3.8) is 0 Å². The van der Waals surface area contributed by atoms with Gasteiger partial charge in [0.05, 0.1) is 13.2 Å². The van der Waals surface area contributed by atoms with E-state index in [1.165, 1.54) is 11.3 Å². The van der Waals surface area contributed by atoms with Crippen molar-refractivity contribution in [1.29, 1.82) is 0 Å². The molecule has 0 radical (unpaired) electrons. The van der Waals surface area contributed by atoms with E-state index in [1.54, 1.807) is 0 Å². The third-order valence-corrected chi connectivity index (χ3v) is 5.27. The Labute approximate surface area is 174 Å². The Morgan fingerprint density at radius 3 is 2.52 bits per heavy atom. The molecule has 2 heterocycles. The molecule has 158 valence electrons. The highest BCUT2D eigenvalue weighted by Crippen LogP contribution is 2.25. The van der Waals surface area contributed by atoms with Gasteiger partial charge in [-0.25, -0.2) is 4.98 Å². The minimum absolute atomic E-state index is 0.665. The standard InChI is InChI=1S/C22H34N6O/c1-5-28(6-2)19-7-8-20(17(3)15-19)25-21-16-18(4)24-22(26-21)23-9-10-27-11-13-29-14-12-27/h7-8,15-16H,5-6,9-14H2,1-4H3,(H2,23,24,25,26). The summed E-state index contributed by atoms with van der Waals surface area (Å²) < 4.78 is 5.40. The largest absolute Gasteiger partial charge is 0.379 e. The smallest absolute Gasteiger partial charge is 0.224 e. The summed E-state index contributed by atoms with van der Waals surface area (Å²) >= 11 is 0. The summed E-state index contributed by atoms with van der Waals surface area (Å²) in [4.78, 5) is 13.9. The number of anilines is 4. The first kappa shape index (κ1) is 21.3. The van der Waals surface area contributed by atoms with Gasteiger partial charge in [-0.3, -0.25) is 4.90 Å². The van der Waals surface area contributed by atoms with Crippen LogP contribution in [0.5, 0.6) is 0 Å². The lowest BCUT2D eigenvalue weighted by atomic mass is 10.1. The summed E-state index contributed by atoms with van der Waals surface area (Å²) in [6, 6.07) is 8.50. The zero-order chi connectivity index (χ0) is 20.6. The number of hydrogen-bond donors (Lipinski definition) is 2. The predicted molar refractivity (Wildman–Crippen MR) is 121 cm³/mol. The van der Waals surface area contributed by atoms with Crippen LogP contribution < -0.4 is 15.5 Å². The first-order valence-electron chi connectivity index (χ1n) is 10.6. The molecular formula is C22H34N6O. The van der Waals surface area contributed by atoms with Gasteiger partial charge in [0.25, 0.3) is 0 Å². The molecule has 1 saturated heterocycles. The molecule has 2 N–H and O–H groups in total. The lowest BCUT2D eigenvalue weighted by Crippen LogP contribution is -2.39. The molecule has 0 bridgehead atoms. The van der Waals surface area contributed by atoms with Gasteiger partial charge in [-0.15, -0.1) is 0 Å². The fourth-order valence-electron chi connectivity index (χ4n) is 3.57. The molecule has 0 unspecified atom stereocenters. The molecule has 0 atom stereocenters. The van der Waals surface area contributed by atoms with Crippen LogP contribution in [0, 0.1) is 13.8 Å². The molecule has 1 aromatic heterocycles. The average molecular weight is 399 g/mol.